The second-order valence-electron chi connectivity index (χ2n) is 5.30. The van der Waals surface area contributed by atoms with Gasteiger partial charge in [0.25, 0.3) is 0 Å². The van der Waals surface area contributed by atoms with Crippen LogP contribution in [0.25, 0.3) is 21.9 Å². The number of unbranched alkanes of at least 4 members (excludes halogenated alkanes) is 1. The molecule has 0 radical (unpaired) electrons. The van der Waals surface area contributed by atoms with E-state index < -0.39 is 0 Å². The van der Waals surface area contributed by atoms with Gasteiger partial charge in [-0.1, -0.05) is 31.5 Å². The number of nitrogens with two attached hydrogens (primary N) is 1. The van der Waals surface area contributed by atoms with Crippen molar-refractivity contribution in [3.8, 4) is 0 Å². The molecule has 0 amide bonds. The topological polar surface area (TPSA) is 89.0 Å². The van der Waals surface area contributed by atoms with Crippen molar-refractivity contribution in [3.63, 3.8) is 0 Å². The Kier molecular flexibility index (Phi) is 4.11. The van der Waals surface area contributed by atoms with Crippen LogP contribution >= 0.6 is 0 Å². The van der Waals surface area contributed by atoms with Gasteiger partial charge in [-0.05, 0) is 12.5 Å². The van der Waals surface area contributed by atoms with Gasteiger partial charge in [0.1, 0.15) is 5.52 Å². The van der Waals surface area contributed by atoms with Crippen molar-refractivity contribution in [1.82, 2.24) is 14.5 Å². The average Bonchev–Trinajstić information content (AvgIpc) is 2.88. The van der Waals surface area contributed by atoms with Gasteiger partial charge in [-0.25, -0.2) is 9.97 Å². The minimum Gasteiger partial charge on any atom is -0.395 e. The van der Waals surface area contributed by atoms with Crippen LogP contribution in [0.2, 0.25) is 0 Å². The van der Waals surface area contributed by atoms with E-state index in [1.165, 1.54) is 0 Å². The number of rotatable bonds is 6. The summed E-state index contributed by atoms with van der Waals surface area (Å²) < 4.78 is 1.99. The number of nitrogens with one attached hydrogen (secondary N) is 1. The molecule has 0 spiro atoms. The van der Waals surface area contributed by atoms with E-state index in [0.29, 0.717) is 17.9 Å². The highest BCUT2D eigenvalue weighted by Gasteiger charge is 2.16. The normalized spacial score (nSPS) is 11.4. The van der Waals surface area contributed by atoms with Crippen LogP contribution in [0.4, 0.5) is 11.8 Å². The van der Waals surface area contributed by atoms with Gasteiger partial charge < -0.3 is 20.7 Å². The first-order valence-electron chi connectivity index (χ1n) is 7.65. The Balaban J connectivity index is 2.22. The Morgan fingerprint density at radius 1 is 1.27 bits per heavy atom. The molecular weight excluding hydrogens is 278 g/mol. The van der Waals surface area contributed by atoms with Crippen LogP contribution in [0, 0.1) is 0 Å². The molecule has 3 rings (SSSR count). The quantitative estimate of drug-likeness (QED) is 0.608. The fourth-order valence-corrected chi connectivity index (χ4v) is 2.69. The van der Waals surface area contributed by atoms with E-state index in [1.807, 2.05) is 28.8 Å². The molecule has 6 heteroatoms. The molecule has 22 heavy (non-hydrogen) atoms. The number of nitrogen functional groups attached to an aromatic ring is 1. The molecule has 0 fully saturated rings. The predicted molar refractivity (Wildman–Crippen MR) is 89.9 cm³/mol. The van der Waals surface area contributed by atoms with E-state index >= 15 is 0 Å². The van der Waals surface area contributed by atoms with Crippen molar-refractivity contribution >= 4 is 33.7 Å². The second-order valence-corrected chi connectivity index (χ2v) is 5.30. The van der Waals surface area contributed by atoms with Gasteiger partial charge in [-0.15, -0.1) is 0 Å². The van der Waals surface area contributed by atoms with Crippen molar-refractivity contribution < 1.29 is 5.11 Å². The van der Waals surface area contributed by atoms with Crippen LogP contribution in [0.3, 0.4) is 0 Å². The first kappa shape index (κ1) is 14.6. The van der Waals surface area contributed by atoms with Crippen LogP contribution in [0.1, 0.15) is 19.8 Å². The van der Waals surface area contributed by atoms with Gasteiger partial charge in [0.05, 0.1) is 17.6 Å². The molecule has 0 saturated heterocycles. The third kappa shape index (κ3) is 2.46. The smallest absolute Gasteiger partial charge is 0.204 e. The molecule has 0 aliphatic rings. The van der Waals surface area contributed by atoms with Crippen LogP contribution in [-0.2, 0) is 6.54 Å². The summed E-state index contributed by atoms with van der Waals surface area (Å²) in [5.74, 6) is 1.16. The summed E-state index contributed by atoms with van der Waals surface area (Å²) in [4.78, 5) is 9.03. The number of pyridine rings is 1. The molecule has 2 heterocycles. The van der Waals surface area contributed by atoms with Gasteiger partial charge in [-0.2, -0.15) is 0 Å². The summed E-state index contributed by atoms with van der Waals surface area (Å²) in [6.45, 7) is 3.51. The minimum absolute atomic E-state index is 0.0461. The first-order valence-corrected chi connectivity index (χ1v) is 7.65. The number of nitrogens with zero attached hydrogens (tertiary/aromatic N) is 3. The predicted octanol–water partition coefficient (Wildman–Crippen LogP) is 2.37. The molecule has 0 aliphatic carbocycles. The third-order valence-electron chi connectivity index (χ3n) is 3.75. The minimum atomic E-state index is 0.0461. The van der Waals surface area contributed by atoms with Crippen molar-refractivity contribution in [2.45, 2.75) is 26.3 Å². The molecular formula is C16H21N5O. The Labute approximate surface area is 129 Å². The van der Waals surface area contributed by atoms with Gasteiger partial charge in [0.15, 0.2) is 5.82 Å². The Hall–Kier alpha value is -2.34. The number of aliphatic hydroxyl groups excluding tert-OH is 1. The fraction of sp³-hybridized carbons (Fsp3) is 0.375. The highest BCUT2D eigenvalue weighted by atomic mass is 16.3. The molecule has 6 nitrogen and oxygen atoms in total. The standard InChI is InChI=1S/C16H21N5O/c1-2-3-8-18-16-20-13-14(21(16)9-10-22)11-6-4-5-7-12(11)19-15(13)17/h4-7,22H,2-3,8-10H2,1H3,(H2,17,19)(H,18,20). The Morgan fingerprint density at radius 2 is 2.09 bits per heavy atom. The van der Waals surface area contributed by atoms with Crippen molar-refractivity contribution in [3.05, 3.63) is 24.3 Å². The third-order valence-corrected chi connectivity index (χ3v) is 3.75. The van der Waals surface area contributed by atoms with Crippen molar-refractivity contribution in [2.75, 3.05) is 24.2 Å². The molecule has 2 aromatic heterocycles. The maximum atomic E-state index is 9.41. The molecule has 0 bridgehead atoms. The van der Waals surface area contributed by atoms with E-state index in [-0.39, 0.29) is 6.61 Å². The van der Waals surface area contributed by atoms with Crippen molar-refractivity contribution in [1.29, 1.82) is 0 Å². The summed E-state index contributed by atoms with van der Waals surface area (Å²) in [5.41, 5.74) is 8.53. The summed E-state index contributed by atoms with van der Waals surface area (Å²) in [7, 11) is 0. The van der Waals surface area contributed by atoms with Gasteiger partial charge >= 0.3 is 0 Å². The number of anilines is 2. The maximum absolute atomic E-state index is 9.41. The number of hydrogen-bond acceptors (Lipinski definition) is 5. The molecule has 116 valence electrons. The van der Waals surface area contributed by atoms with Crippen LogP contribution in [0.5, 0.6) is 0 Å². The lowest BCUT2D eigenvalue weighted by molar-refractivity contribution is 0.278. The number of imidazole rings is 1. The number of aliphatic hydroxyl groups is 1. The van der Waals surface area contributed by atoms with E-state index in [0.717, 1.165) is 41.8 Å². The molecule has 1 aromatic carbocycles. The molecule has 0 atom stereocenters. The van der Waals surface area contributed by atoms with E-state index in [1.54, 1.807) is 0 Å². The lowest BCUT2D eigenvalue weighted by Gasteiger charge is -2.10. The SMILES string of the molecule is CCCCNc1nc2c(N)nc3ccccc3c2n1CCO. The zero-order chi connectivity index (χ0) is 15.5. The van der Waals surface area contributed by atoms with E-state index in [9.17, 15) is 5.11 Å². The maximum Gasteiger partial charge on any atom is 0.204 e. The second kappa shape index (κ2) is 6.19. The number of benzene rings is 1. The monoisotopic (exact) mass is 299 g/mol. The molecule has 3 aromatic rings. The molecule has 0 saturated carbocycles. The number of fused-ring (bicyclic) bond motifs is 3. The van der Waals surface area contributed by atoms with Gasteiger partial charge in [-0.3, -0.25) is 0 Å². The zero-order valence-corrected chi connectivity index (χ0v) is 12.7. The zero-order valence-electron chi connectivity index (χ0n) is 12.7. The molecule has 0 unspecified atom stereocenters. The largest absolute Gasteiger partial charge is 0.395 e. The lowest BCUT2D eigenvalue weighted by atomic mass is 10.2. The lowest BCUT2D eigenvalue weighted by Crippen LogP contribution is -2.10. The highest BCUT2D eigenvalue weighted by Crippen LogP contribution is 2.30. The first-order chi connectivity index (χ1) is 10.8. The van der Waals surface area contributed by atoms with Crippen LogP contribution in [-0.4, -0.2) is 32.8 Å². The number of hydrogen-bond donors (Lipinski definition) is 3. The average molecular weight is 299 g/mol. The van der Waals surface area contributed by atoms with E-state index in [2.05, 4.69) is 22.2 Å². The molecule has 0 aliphatic heterocycles. The fourth-order valence-electron chi connectivity index (χ4n) is 2.69. The highest BCUT2D eigenvalue weighted by molar-refractivity contribution is 6.07. The van der Waals surface area contributed by atoms with Crippen LogP contribution in [0.15, 0.2) is 24.3 Å². The number of aromatic nitrogens is 3. The summed E-state index contributed by atoms with van der Waals surface area (Å²) in [5, 5.41) is 13.7. The molecule has 4 N–H and O–H groups in total. The van der Waals surface area contributed by atoms with Gasteiger partial charge in [0, 0.05) is 18.5 Å². The summed E-state index contributed by atoms with van der Waals surface area (Å²) >= 11 is 0. The van der Waals surface area contributed by atoms with Gasteiger partial charge in [0.2, 0.25) is 5.95 Å². The summed E-state index contributed by atoms with van der Waals surface area (Å²) in [6.07, 6.45) is 2.18. The number of para-hydroxylation sites is 1. The summed E-state index contributed by atoms with van der Waals surface area (Å²) in [6, 6.07) is 7.86. The van der Waals surface area contributed by atoms with Crippen LogP contribution < -0.4 is 11.1 Å². The Morgan fingerprint density at radius 3 is 2.86 bits per heavy atom. The van der Waals surface area contributed by atoms with Crippen molar-refractivity contribution in [2.24, 2.45) is 0 Å². The van der Waals surface area contributed by atoms with E-state index in [4.69, 9.17) is 5.73 Å². The Bertz CT molecular complexity index is 796.